The molecule has 0 aromatic carbocycles. The summed E-state index contributed by atoms with van der Waals surface area (Å²) in [5.41, 5.74) is 0.979. The lowest BCUT2D eigenvalue weighted by Crippen LogP contribution is -2.34. The topological polar surface area (TPSA) is 38.3 Å². The molecule has 0 saturated carbocycles. The predicted octanol–water partition coefficient (Wildman–Crippen LogP) is 2.35. The predicted molar refractivity (Wildman–Crippen MR) is 62.0 cm³/mol. The highest BCUT2D eigenvalue weighted by molar-refractivity contribution is 7.08. The summed E-state index contributed by atoms with van der Waals surface area (Å²) in [5, 5.41) is 7.13. The van der Waals surface area contributed by atoms with Crippen molar-refractivity contribution < 1.29 is 9.53 Å². The molecule has 0 fully saturated rings. The summed E-state index contributed by atoms with van der Waals surface area (Å²) in [5.74, 6) is -0.204. The lowest BCUT2D eigenvalue weighted by Gasteiger charge is -2.18. The Morgan fingerprint density at radius 1 is 1.60 bits per heavy atom. The van der Waals surface area contributed by atoms with Crippen LogP contribution in [0.15, 0.2) is 16.8 Å². The molecule has 84 valence electrons. The molecule has 0 aliphatic rings. The third kappa shape index (κ3) is 3.64. The van der Waals surface area contributed by atoms with Gasteiger partial charge in [-0.15, -0.1) is 0 Å². The van der Waals surface area contributed by atoms with E-state index in [0.717, 1.165) is 5.56 Å². The first kappa shape index (κ1) is 12.2. The molecule has 0 aliphatic carbocycles. The largest absolute Gasteiger partial charge is 0.465 e. The molecule has 0 saturated heterocycles. The molecular formula is C11H17NO2S. The molecule has 0 bridgehead atoms. The summed E-state index contributed by atoms with van der Waals surface area (Å²) in [7, 11) is 0. The third-order valence-corrected chi connectivity index (χ3v) is 2.60. The van der Waals surface area contributed by atoms with Gasteiger partial charge in [-0.05, 0) is 43.2 Å². The van der Waals surface area contributed by atoms with Crippen LogP contribution < -0.4 is 5.32 Å². The molecule has 0 radical (unpaired) electrons. The monoisotopic (exact) mass is 227 g/mol. The SMILES string of the molecule is CCOC(=O)C(NC(C)C)c1ccsc1. The normalized spacial score (nSPS) is 12.8. The first-order valence-electron chi connectivity index (χ1n) is 5.10. The van der Waals surface area contributed by atoms with E-state index in [-0.39, 0.29) is 18.1 Å². The minimum atomic E-state index is -0.337. The van der Waals surface area contributed by atoms with Gasteiger partial charge in [0.1, 0.15) is 6.04 Å². The highest BCUT2D eigenvalue weighted by Gasteiger charge is 2.22. The van der Waals surface area contributed by atoms with Crippen molar-refractivity contribution in [2.75, 3.05) is 6.61 Å². The van der Waals surface area contributed by atoms with Gasteiger partial charge >= 0.3 is 5.97 Å². The lowest BCUT2D eigenvalue weighted by molar-refractivity contribution is -0.146. The Balaban J connectivity index is 2.74. The average Bonchev–Trinajstić information content (AvgIpc) is 2.66. The zero-order valence-corrected chi connectivity index (χ0v) is 10.1. The lowest BCUT2D eigenvalue weighted by atomic mass is 10.1. The van der Waals surface area contributed by atoms with Crippen LogP contribution in [0.1, 0.15) is 32.4 Å². The van der Waals surface area contributed by atoms with Crippen LogP contribution in [-0.4, -0.2) is 18.6 Å². The molecule has 1 heterocycles. The van der Waals surface area contributed by atoms with Crippen molar-refractivity contribution in [2.24, 2.45) is 0 Å². The van der Waals surface area contributed by atoms with E-state index in [1.54, 1.807) is 11.3 Å². The van der Waals surface area contributed by atoms with Gasteiger partial charge in [-0.25, -0.2) is 4.79 Å². The Morgan fingerprint density at radius 3 is 2.80 bits per heavy atom. The molecule has 15 heavy (non-hydrogen) atoms. The second-order valence-electron chi connectivity index (χ2n) is 3.56. The Hall–Kier alpha value is -0.870. The van der Waals surface area contributed by atoms with Crippen molar-refractivity contribution in [1.29, 1.82) is 0 Å². The summed E-state index contributed by atoms with van der Waals surface area (Å²) >= 11 is 1.58. The smallest absolute Gasteiger partial charge is 0.327 e. The van der Waals surface area contributed by atoms with Crippen molar-refractivity contribution in [3.8, 4) is 0 Å². The highest BCUT2D eigenvalue weighted by Crippen LogP contribution is 2.18. The molecule has 1 atom stereocenters. The van der Waals surface area contributed by atoms with E-state index in [1.165, 1.54) is 0 Å². The van der Waals surface area contributed by atoms with E-state index < -0.39 is 0 Å². The van der Waals surface area contributed by atoms with Crippen molar-refractivity contribution in [1.82, 2.24) is 5.32 Å². The molecule has 1 unspecified atom stereocenters. The summed E-state index contributed by atoms with van der Waals surface area (Å²) in [4.78, 5) is 11.7. The molecule has 1 rings (SSSR count). The van der Waals surface area contributed by atoms with E-state index in [2.05, 4.69) is 5.32 Å². The van der Waals surface area contributed by atoms with Crippen LogP contribution in [0.3, 0.4) is 0 Å². The maximum absolute atomic E-state index is 11.7. The van der Waals surface area contributed by atoms with Gasteiger partial charge in [0.05, 0.1) is 6.61 Å². The van der Waals surface area contributed by atoms with Gasteiger partial charge in [-0.1, -0.05) is 0 Å². The molecule has 1 aromatic rings. The Labute approximate surface area is 94.5 Å². The van der Waals surface area contributed by atoms with Gasteiger partial charge in [0, 0.05) is 6.04 Å². The van der Waals surface area contributed by atoms with Crippen molar-refractivity contribution in [3.05, 3.63) is 22.4 Å². The quantitative estimate of drug-likeness (QED) is 0.785. The van der Waals surface area contributed by atoms with Gasteiger partial charge in [0.2, 0.25) is 0 Å². The van der Waals surface area contributed by atoms with Crippen LogP contribution in [0.4, 0.5) is 0 Å². The molecule has 4 heteroatoms. The van der Waals surface area contributed by atoms with Crippen molar-refractivity contribution in [3.63, 3.8) is 0 Å². The molecule has 0 amide bonds. The number of rotatable bonds is 5. The van der Waals surface area contributed by atoms with Gasteiger partial charge in [0.25, 0.3) is 0 Å². The van der Waals surface area contributed by atoms with E-state index >= 15 is 0 Å². The Morgan fingerprint density at radius 2 is 2.33 bits per heavy atom. The maximum Gasteiger partial charge on any atom is 0.327 e. The number of hydrogen-bond acceptors (Lipinski definition) is 4. The third-order valence-electron chi connectivity index (χ3n) is 1.90. The standard InChI is InChI=1S/C11H17NO2S/c1-4-14-11(13)10(12-8(2)3)9-5-6-15-7-9/h5-8,10,12H,4H2,1-3H3. The number of thiophene rings is 1. The number of carbonyl (C=O) groups is 1. The van der Waals surface area contributed by atoms with E-state index in [0.29, 0.717) is 6.61 Å². The molecular weight excluding hydrogens is 210 g/mol. The second kappa shape index (κ2) is 5.88. The Bertz CT molecular complexity index is 296. The summed E-state index contributed by atoms with van der Waals surface area (Å²) in [6.07, 6.45) is 0. The van der Waals surface area contributed by atoms with Crippen LogP contribution in [0.25, 0.3) is 0 Å². The zero-order valence-electron chi connectivity index (χ0n) is 9.32. The number of hydrogen-bond donors (Lipinski definition) is 1. The molecule has 1 aromatic heterocycles. The maximum atomic E-state index is 11.7. The molecule has 3 nitrogen and oxygen atoms in total. The highest BCUT2D eigenvalue weighted by atomic mass is 32.1. The number of carbonyl (C=O) groups excluding carboxylic acids is 1. The average molecular weight is 227 g/mol. The number of nitrogens with one attached hydrogen (secondary N) is 1. The Kier molecular flexibility index (Phi) is 4.78. The minimum absolute atomic E-state index is 0.204. The van der Waals surface area contributed by atoms with E-state index in [4.69, 9.17) is 4.74 Å². The summed E-state index contributed by atoms with van der Waals surface area (Å²) in [6.45, 7) is 6.26. The first-order chi connectivity index (χ1) is 7.15. The molecule has 0 spiro atoms. The zero-order chi connectivity index (χ0) is 11.3. The van der Waals surface area contributed by atoms with Crippen LogP contribution in [0.2, 0.25) is 0 Å². The van der Waals surface area contributed by atoms with Crippen molar-refractivity contribution >= 4 is 17.3 Å². The fraction of sp³-hybridized carbons (Fsp3) is 0.545. The molecule has 1 N–H and O–H groups in total. The van der Waals surface area contributed by atoms with E-state index in [9.17, 15) is 4.79 Å². The second-order valence-corrected chi connectivity index (χ2v) is 4.34. The minimum Gasteiger partial charge on any atom is -0.465 e. The van der Waals surface area contributed by atoms with E-state index in [1.807, 2.05) is 37.6 Å². The first-order valence-corrected chi connectivity index (χ1v) is 6.04. The van der Waals surface area contributed by atoms with Crippen LogP contribution in [-0.2, 0) is 9.53 Å². The van der Waals surface area contributed by atoms with Gasteiger partial charge in [-0.3, -0.25) is 5.32 Å². The molecule has 0 aliphatic heterocycles. The van der Waals surface area contributed by atoms with Crippen LogP contribution >= 0.6 is 11.3 Å². The van der Waals surface area contributed by atoms with Gasteiger partial charge < -0.3 is 4.74 Å². The number of esters is 1. The fourth-order valence-corrected chi connectivity index (χ4v) is 1.98. The number of ether oxygens (including phenoxy) is 1. The summed E-state index contributed by atoms with van der Waals surface area (Å²) in [6, 6.07) is 1.86. The van der Waals surface area contributed by atoms with Crippen molar-refractivity contribution in [2.45, 2.75) is 32.9 Å². The summed E-state index contributed by atoms with van der Waals surface area (Å²) < 4.78 is 5.03. The fourth-order valence-electron chi connectivity index (χ4n) is 1.30. The van der Waals surface area contributed by atoms with Gasteiger partial charge in [0.15, 0.2) is 0 Å². The van der Waals surface area contributed by atoms with Gasteiger partial charge in [-0.2, -0.15) is 11.3 Å². The van der Waals surface area contributed by atoms with Crippen LogP contribution in [0, 0.1) is 0 Å². The van der Waals surface area contributed by atoms with Crippen LogP contribution in [0.5, 0.6) is 0 Å².